The lowest BCUT2D eigenvalue weighted by Crippen LogP contribution is -2.14. The lowest BCUT2D eigenvalue weighted by molar-refractivity contribution is 0.593. The molecule has 1 atom stereocenters. The van der Waals surface area contributed by atoms with Crippen LogP contribution >= 0.6 is 34.8 Å². The molecule has 0 saturated heterocycles. The molecule has 0 aliphatic carbocycles. The van der Waals surface area contributed by atoms with Gasteiger partial charge in [-0.1, -0.05) is 40.9 Å². The fraction of sp³-hybridized carbons (Fsp3) is 0.143. The van der Waals surface area contributed by atoms with Crippen LogP contribution in [0.3, 0.4) is 0 Å². The summed E-state index contributed by atoms with van der Waals surface area (Å²) in [5, 5.41) is 1.38. The van der Waals surface area contributed by atoms with Crippen LogP contribution in [0.1, 0.15) is 17.2 Å². The zero-order valence-electron chi connectivity index (χ0n) is 9.84. The largest absolute Gasteiger partial charge is 0.324 e. The van der Waals surface area contributed by atoms with E-state index in [4.69, 9.17) is 40.5 Å². The van der Waals surface area contributed by atoms with Gasteiger partial charge in [-0.15, -0.1) is 0 Å². The zero-order valence-corrected chi connectivity index (χ0v) is 12.1. The highest BCUT2D eigenvalue weighted by Crippen LogP contribution is 2.27. The molecule has 0 heterocycles. The highest BCUT2D eigenvalue weighted by Gasteiger charge is 2.12. The number of rotatable bonds is 3. The van der Waals surface area contributed by atoms with Gasteiger partial charge in [-0.05, 0) is 47.9 Å². The van der Waals surface area contributed by atoms with E-state index in [2.05, 4.69) is 0 Å². The minimum absolute atomic E-state index is 0.320. The molecule has 2 aromatic carbocycles. The third-order valence-electron chi connectivity index (χ3n) is 2.82. The molecular weight excluding hydrogens is 308 g/mol. The van der Waals surface area contributed by atoms with Crippen LogP contribution in [0.2, 0.25) is 15.1 Å². The standard InChI is InChI=1S/C14H11Cl3FN/c15-10-2-4-13(18)9(5-10)7-14(19)8-1-3-11(16)12(17)6-8/h1-6,14H,7,19H2. The van der Waals surface area contributed by atoms with Gasteiger partial charge in [0.25, 0.3) is 0 Å². The fourth-order valence-corrected chi connectivity index (χ4v) is 2.30. The quantitative estimate of drug-likeness (QED) is 0.844. The Morgan fingerprint density at radius 2 is 1.74 bits per heavy atom. The molecule has 19 heavy (non-hydrogen) atoms. The average Bonchev–Trinajstić information content (AvgIpc) is 2.37. The van der Waals surface area contributed by atoms with Crippen LogP contribution in [0.5, 0.6) is 0 Å². The summed E-state index contributed by atoms with van der Waals surface area (Å²) in [7, 11) is 0. The highest BCUT2D eigenvalue weighted by molar-refractivity contribution is 6.42. The first-order valence-corrected chi connectivity index (χ1v) is 6.75. The van der Waals surface area contributed by atoms with Gasteiger partial charge in [0.05, 0.1) is 10.0 Å². The minimum Gasteiger partial charge on any atom is -0.324 e. The molecule has 0 fully saturated rings. The van der Waals surface area contributed by atoms with E-state index in [1.165, 1.54) is 12.1 Å². The second kappa shape index (κ2) is 6.10. The van der Waals surface area contributed by atoms with E-state index in [1.807, 2.05) is 0 Å². The molecule has 0 bridgehead atoms. The van der Waals surface area contributed by atoms with E-state index in [0.29, 0.717) is 27.1 Å². The first-order valence-electron chi connectivity index (χ1n) is 5.62. The van der Waals surface area contributed by atoms with Gasteiger partial charge in [-0.25, -0.2) is 4.39 Å². The third-order valence-corrected chi connectivity index (χ3v) is 3.79. The SMILES string of the molecule is NC(Cc1cc(Cl)ccc1F)c1ccc(Cl)c(Cl)c1. The zero-order chi connectivity index (χ0) is 14.0. The lowest BCUT2D eigenvalue weighted by atomic mass is 9.99. The summed E-state index contributed by atoms with van der Waals surface area (Å²) in [4.78, 5) is 0. The Labute approximate surface area is 126 Å². The Balaban J connectivity index is 2.22. The van der Waals surface area contributed by atoms with Crippen LogP contribution in [-0.2, 0) is 6.42 Å². The van der Waals surface area contributed by atoms with Gasteiger partial charge in [0.15, 0.2) is 0 Å². The van der Waals surface area contributed by atoms with Crippen molar-refractivity contribution in [2.24, 2.45) is 5.73 Å². The average molecular weight is 319 g/mol. The van der Waals surface area contributed by atoms with Gasteiger partial charge in [0, 0.05) is 11.1 Å². The maximum Gasteiger partial charge on any atom is 0.126 e. The topological polar surface area (TPSA) is 26.0 Å². The molecule has 2 rings (SSSR count). The van der Waals surface area contributed by atoms with Crippen LogP contribution < -0.4 is 5.73 Å². The second-order valence-corrected chi connectivity index (χ2v) is 5.47. The van der Waals surface area contributed by atoms with Crippen LogP contribution in [0.15, 0.2) is 36.4 Å². The molecule has 0 aliphatic heterocycles. The van der Waals surface area contributed by atoms with Crippen LogP contribution in [0, 0.1) is 5.82 Å². The Hall–Kier alpha value is -0.800. The number of nitrogens with two attached hydrogens (primary N) is 1. The van der Waals surface area contributed by atoms with Crippen LogP contribution in [0.4, 0.5) is 4.39 Å². The molecule has 2 aromatic rings. The normalized spacial score (nSPS) is 12.5. The van der Waals surface area contributed by atoms with E-state index >= 15 is 0 Å². The van der Waals surface area contributed by atoms with Crippen molar-refractivity contribution < 1.29 is 4.39 Å². The fourth-order valence-electron chi connectivity index (χ4n) is 1.80. The number of halogens is 4. The molecular formula is C14H11Cl3FN. The summed E-state index contributed by atoms with van der Waals surface area (Å²) in [5.74, 6) is -0.320. The van der Waals surface area contributed by atoms with Gasteiger partial charge in [-0.3, -0.25) is 0 Å². The maximum absolute atomic E-state index is 13.6. The minimum atomic E-state index is -0.372. The van der Waals surface area contributed by atoms with E-state index in [0.717, 1.165) is 5.56 Å². The maximum atomic E-state index is 13.6. The number of benzene rings is 2. The van der Waals surface area contributed by atoms with Gasteiger partial charge in [0.2, 0.25) is 0 Å². The van der Waals surface area contributed by atoms with Crippen molar-refractivity contribution in [2.45, 2.75) is 12.5 Å². The van der Waals surface area contributed by atoms with E-state index in [9.17, 15) is 4.39 Å². The molecule has 0 saturated carbocycles. The molecule has 0 radical (unpaired) electrons. The smallest absolute Gasteiger partial charge is 0.126 e. The molecule has 2 N–H and O–H groups in total. The molecule has 100 valence electrons. The second-order valence-electron chi connectivity index (χ2n) is 4.22. The summed E-state index contributed by atoms with van der Waals surface area (Å²) in [6.07, 6.45) is 0.338. The van der Waals surface area contributed by atoms with E-state index in [1.54, 1.807) is 24.3 Å². The van der Waals surface area contributed by atoms with Crippen molar-refractivity contribution in [2.75, 3.05) is 0 Å². The van der Waals surface area contributed by atoms with Crippen molar-refractivity contribution in [3.8, 4) is 0 Å². The first kappa shape index (κ1) is 14.6. The van der Waals surface area contributed by atoms with Crippen molar-refractivity contribution in [1.29, 1.82) is 0 Å². The van der Waals surface area contributed by atoms with Crippen LogP contribution in [0.25, 0.3) is 0 Å². The third kappa shape index (κ3) is 3.61. The highest BCUT2D eigenvalue weighted by atomic mass is 35.5. The predicted octanol–water partition coefficient (Wildman–Crippen LogP) is 5.03. The lowest BCUT2D eigenvalue weighted by Gasteiger charge is -2.13. The van der Waals surface area contributed by atoms with Crippen molar-refractivity contribution >= 4 is 34.8 Å². The Morgan fingerprint density at radius 1 is 1.00 bits per heavy atom. The Bertz CT molecular complexity index is 601. The van der Waals surface area contributed by atoms with Gasteiger partial charge < -0.3 is 5.73 Å². The summed E-state index contributed by atoms with van der Waals surface area (Å²) < 4.78 is 13.6. The number of hydrogen-bond acceptors (Lipinski definition) is 1. The number of hydrogen-bond donors (Lipinski definition) is 1. The molecule has 0 spiro atoms. The Morgan fingerprint density at radius 3 is 2.42 bits per heavy atom. The molecule has 1 nitrogen and oxygen atoms in total. The predicted molar refractivity (Wildman–Crippen MR) is 78.5 cm³/mol. The molecule has 0 amide bonds. The van der Waals surface area contributed by atoms with Crippen molar-refractivity contribution in [3.05, 3.63) is 68.4 Å². The monoisotopic (exact) mass is 317 g/mol. The summed E-state index contributed by atoms with van der Waals surface area (Å²) in [6.45, 7) is 0. The molecule has 1 unspecified atom stereocenters. The molecule has 0 aliphatic rings. The first-order chi connectivity index (χ1) is 8.97. The van der Waals surface area contributed by atoms with Gasteiger partial charge in [-0.2, -0.15) is 0 Å². The van der Waals surface area contributed by atoms with Crippen LogP contribution in [-0.4, -0.2) is 0 Å². The summed E-state index contributed by atoms with van der Waals surface area (Å²) in [5.41, 5.74) is 7.33. The van der Waals surface area contributed by atoms with E-state index < -0.39 is 0 Å². The summed E-state index contributed by atoms with van der Waals surface area (Å²) >= 11 is 17.6. The Kier molecular flexibility index (Phi) is 4.69. The van der Waals surface area contributed by atoms with Crippen molar-refractivity contribution in [1.82, 2.24) is 0 Å². The summed E-state index contributed by atoms with van der Waals surface area (Å²) in [6, 6.07) is 9.19. The van der Waals surface area contributed by atoms with Crippen molar-refractivity contribution in [3.63, 3.8) is 0 Å². The van der Waals surface area contributed by atoms with Gasteiger partial charge in [0.1, 0.15) is 5.82 Å². The molecule has 5 heteroatoms. The van der Waals surface area contributed by atoms with Gasteiger partial charge >= 0.3 is 0 Å². The molecule has 0 aromatic heterocycles. The van der Waals surface area contributed by atoms with E-state index in [-0.39, 0.29) is 11.9 Å².